The van der Waals surface area contributed by atoms with Gasteiger partial charge in [-0.05, 0) is 30.7 Å². The van der Waals surface area contributed by atoms with Crippen LogP contribution in [0, 0.1) is 6.92 Å². The van der Waals surface area contributed by atoms with Gasteiger partial charge in [0.25, 0.3) is 0 Å². The minimum Gasteiger partial charge on any atom is -0.317 e. The molecule has 14 heavy (non-hydrogen) atoms. The lowest BCUT2D eigenvalue weighted by Crippen LogP contribution is -1.93. The fourth-order valence-electron chi connectivity index (χ4n) is 1.41. The van der Waals surface area contributed by atoms with Crippen LogP contribution in [0.3, 0.4) is 0 Å². The van der Waals surface area contributed by atoms with E-state index in [1.54, 1.807) is 6.33 Å². The molecule has 1 aromatic carbocycles. The third-order valence-electron chi connectivity index (χ3n) is 2.14. The van der Waals surface area contributed by atoms with E-state index < -0.39 is 0 Å². The molecule has 1 aromatic heterocycles. The molecule has 4 heteroatoms. The van der Waals surface area contributed by atoms with Gasteiger partial charge in [0.15, 0.2) is 5.82 Å². The normalized spacial score (nSPS) is 10.5. The summed E-state index contributed by atoms with van der Waals surface area (Å²) in [7, 11) is 1.94. The van der Waals surface area contributed by atoms with Crippen LogP contribution in [0.4, 0.5) is 0 Å². The maximum absolute atomic E-state index is 4.07. The highest BCUT2D eigenvalue weighted by Gasteiger charge is 2.07. The van der Waals surface area contributed by atoms with E-state index in [-0.39, 0.29) is 0 Å². The predicted molar refractivity (Wildman–Crippen MR) is 58.9 cm³/mol. The van der Waals surface area contributed by atoms with Crippen molar-refractivity contribution in [2.45, 2.75) is 6.92 Å². The lowest BCUT2D eigenvalue weighted by Gasteiger charge is -2.04. The Hall–Kier alpha value is -1.16. The van der Waals surface area contributed by atoms with Gasteiger partial charge >= 0.3 is 0 Å². The Balaban J connectivity index is 2.58. The van der Waals surface area contributed by atoms with Gasteiger partial charge in [0.2, 0.25) is 0 Å². The average molecular weight is 252 g/mol. The lowest BCUT2D eigenvalue weighted by molar-refractivity contribution is 0.918. The Morgan fingerprint density at radius 2 is 2.14 bits per heavy atom. The van der Waals surface area contributed by atoms with Gasteiger partial charge in [-0.25, -0.2) is 0 Å². The van der Waals surface area contributed by atoms with Gasteiger partial charge in [0.1, 0.15) is 6.33 Å². The topological polar surface area (TPSA) is 30.7 Å². The van der Waals surface area contributed by atoms with Crippen LogP contribution in [0.15, 0.2) is 29.0 Å². The zero-order valence-electron chi connectivity index (χ0n) is 8.03. The van der Waals surface area contributed by atoms with E-state index in [1.165, 1.54) is 5.56 Å². The Bertz CT molecular complexity index is 462. The van der Waals surface area contributed by atoms with Crippen LogP contribution >= 0.6 is 15.9 Å². The van der Waals surface area contributed by atoms with Crippen molar-refractivity contribution in [2.75, 3.05) is 0 Å². The molecule has 0 N–H and O–H groups in total. The molecule has 2 rings (SSSR count). The second-order valence-electron chi connectivity index (χ2n) is 3.22. The van der Waals surface area contributed by atoms with Crippen LogP contribution in [0.2, 0.25) is 0 Å². The molecular formula is C10H10BrN3. The first-order chi connectivity index (χ1) is 6.68. The third-order valence-corrected chi connectivity index (χ3v) is 2.63. The summed E-state index contributed by atoms with van der Waals surface area (Å²) in [6, 6.07) is 6.13. The first-order valence-electron chi connectivity index (χ1n) is 4.29. The molecule has 1 heterocycles. The Morgan fingerprint density at radius 1 is 1.36 bits per heavy atom. The van der Waals surface area contributed by atoms with Crippen LogP contribution < -0.4 is 0 Å². The summed E-state index contributed by atoms with van der Waals surface area (Å²) in [6.07, 6.45) is 1.71. The van der Waals surface area contributed by atoms with E-state index in [4.69, 9.17) is 0 Å². The lowest BCUT2D eigenvalue weighted by atomic mass is 10.1. The van der Waals surface area contributed by atoms with Gasteiger partial charge in [0.05, 0.1) is 0 Å². The predicted octanol–water partition coefficient (Wildman–Crippen LogP) is 2.55. The summed E-state index contributed by atoms with van der Waals surface area (Å²) in [5, 5.41) is 7.94. The monoisotopic (exact) mass is 251 g/mol. The second kappa shape index (κ2) is 3.53. The Labute approximate surface area is 90.9 Å². The number of hydrogen-bond acceptors (Lipinski definition) is 2. The molecule has 3 nitrogen and oxygen atoms in total. The summed E-state index contributed by atoms with van der Waals surface area (Å²) in [5.74, 6) is 0.898. The third kappa shape index (κ3) is 1.57. The molecule has 0 spiro atoms. The minimum atomic E-state index is 0.898. The smallest absolute Gasteiger partial charge is 0.163 e. The molecule has 0 fully saturated rings. The molecule has 0 amide bonds. The average Bonchev–Trinajstić information content (AvgIpc) is 2.52. The molecule has 0 aliphatic heterocycles. The molecule has 0 aliphatic carbocycles. The van der Waals surface area contributed by atoms with Crippen molar-refractivity contribution in [1.29, 1.82) is 0 Å². The largest absolute Gasteiger partial charge is 0.317 e. The Kier molecular flexibility index (Phi) is 2.37. The van der Waals surface area contributed by atoms with Gasteiger partial charge < -0.3 is 4.57 Å². The van der Waals surface area contributed by atoms with Gasteiger partial charge in [-0.3, -0.25) is 0 Å². The molecule has 0 aliphatic rings. The van der Waals surface area contributed by atoms with E-state index in [9.17, 15) is 0 Å². The molecule has 0 unspecified atom stereocenters. The number of aromatic nitrogens is 3. The van der Waals surface area contributed by atoms with Gasteiger partial charge in [-0.15, -0.1) is 10.2 Å². The standard InChI is InChI=1S/C10H10BrN3/c1-7-5-8(11)3-4-9(7)10-13-12-6-14(10)2/h3-6H,1-2H3. The van der Waals surface area contributed by atoms with Crippen molar-refractivity contribution in [3.05, 3.63) is 34.6 Å². The summed E-state index contributed by atoms with van der Waals surface area (Å²) < 4.78 is 3.00. The van der Waals surface area contributed by atoms with Crippen LogP contribution in [0.1, 0.15) is 5.56 Å². The SMILES string of the molecule is Cc1cc(Br)ccc1-c1nncn1C. The number of rotatable bonds is 1. The van der Waals surface area contributed by atoms with Gasteiger partial charge in [-0.2, -0.15) is 0 Å². The first-order valence-corrected chi connectivity index (χ1v) is 5.08. The van der Waals surface area contributed by atoms with Crippen LogP contribution in [0.25, 0.3) is 11.4 Å². The van der Waals surface area contributed by atoms with Gasteiger partial charge in [0, 0.05) is 17.1 Å². The summed E-state index contributed by atoms with van der Waals surface area (Å²) in [6.45, 7) is 2.06. The fourth-order valence-corrected chi connectivity index (χ4v) is 1.88. The number of hydrogen-bond donors (Lipinski definition) is 0. The van der Waals surface area contributed by atoms with Crippen LogP contribution in [-0.4, -0.2) is 14.8 Å². The number of nitrogens with zero attached hydrogens (tertiary/aromatic N) is 3. The highest BCUT2D eigenvalue weighted by Crippen LogP contribution is 2.23. The Morgan fingerprint density at radius 3 is 2.71 bits per heavy atom. The molecule has 0 atom stereocenters. The zero-order valence-corrected chi connectivity index (χ0v) is 9.62. The quantitative estimate of drug-likeness (QED) is 0.780. The maximum Gasteiger partial charge on any atom is 0.163 e. The molecule has 0 bridgehead atoms. The van der Waals surface area contributed by atoms with Crippen LogP contribution in [-0.2, 0) is 7.05 Å². The zero-order chi connectivity index (χ0) is 10.1. The number of aryl methyl sites for hydroxylation is 2. The van der Waals surface area contributed by atoms with E-state index in [0.717, 1.165) is 15.9 Å². The number of benzene rings is 1. The maximum atomic E-state index is 4.07. The van der Waals surface area contributed by atoms with Crippen LogP contribution in [0.5, 0.6) is 0 Å². The molecule has 0 saturated heterocycles. The molecule has 72 valence electrons. The minimum absolute atomic E-state index is 0.898. The molecular weight excluding hydrogens is 242 g/mol. The van der Waals surface area contributed by atoms with Crippen molar-refractivity contribution in [1.82, 2.24) is 14.8 Å². The van der Waals surface area contributed by atoms with Crippen molar-refractivity contribution >= 4 is 15.9 Å². The summed E-state index contributed by atoms with van der Waals surface area (Å²) >= 11 is 3.44. The summed E-state index contributed by atoms with van der Waals surface area (Å²) in [5.41, 5.74) is 2.31. The van der Waals surface area contributed by atoms with Gasteiger partial charge in [-0.1, -0.05) is 15.9 Å². The van der Waals surface area contributed by atoms with E-state index in [0.29, 0.717) is 0 Å². The highest BCUT2D eigenvalue weighted by molar-refractivity contribution is 9.10. The van der Waals surface area contributed by atoms with Crippen molar-refractivity contribution in [2.24, 2.45) is 7.05 Å². The van der Waals surface area contributed by atoms with Crippen molar-refractivity contribution in [3.63, 3.8) is 0 Å². The molecule has 0 radical (unpaired) electrons. The molecule has 2 aromatic rings. The first kappa shape index (κ1) is 9.40. The fraction of sp³-hybridized carbons (Fsp3) is 0.200. The van der Waals surface area contributed by atoms with E-state index in [2.05, 4.69) is 39.1 Å². The number of halogens is 1. The second-order valence-corrected chi connectivity index (χ2v) is 4.14. The van der Waals surface area contributed by atoms with Crippen molar-refractivity contribution in [3.8, 4) is 11.4 Å². The van der Waals surface area contributed by atoms with Crippen molar-refractivity contribution < 1.29 is 0 Å². The highest BCUT2D eigenvalue weighted by atomic mass is 79.9. The molecule has 0 saturated carbocycles. The van der Waals surface area contributed by atoms with E-state index >= 15 is 0 Å². The summed E-state index contributed by atoms with van der Waals surface area (Å²) in [4.78, 5) is 0. The van der Waals surface area contributed by atoms with E-state index in [1.807, 2.05) is 23.7 Å².